The van der Waals surface area contributed by atoms with Gasteiger partial charge in [-0.25, -0.2) is 9.97 Å². The van der Waals surface area contributed by atoms with Crippen molar-refractivity contribution in [3.63, 3.8) is 0 Å². The van der Waals surface area contributed by atoms with Gasteiger partial charge in [-0.2, -0.15) is 0 Å². The maximum atomic E-state index is 4.85. The zero-order valence-corrected chi connectivity index (χ0v) is 16.0. The fourth-order valence-corrected chi connectivity index (χ4v) is 3.62. The molecule has 1 aliphatic carbocycles. The lowest BCUT2D eigenvalue weighted by Crippen LogP contribution is -2.21. The van der Waals surface area contributed by atoms with Gasteiger partial charge < -0.3 is 5.32 Å². The first-order valence-corrected chi connectivity index (χ1v) is 9.60. The molecule has 0 aliphatic heterocycles. The first-order chi connectivity index (χ1) is 13.2. The Morgan fingerprint density at radius 2 is 1.89 bits per heavy atom. The first-order valence-electron chi connectivity index (χ1n) is 8.81. The molecule has 0 atom stereocenters. The molecule has 0 amide bonds. The number of nitrogens with zero attached hydrogens (tertiary/aromatic N) is 4. The Labute approximate surface area is 165 Å². The van der Waals surface area contributed by atoms with E-state index >= 15 is 0 Å². The van der Waals surface area contributed by atoms with Crippen LogP contribution in [0.25, 0.3) is 22.3 Å². The lowest BCUT2D eigenvalue weighted by Gasteiger charge is -2.19. The Morgan fingerprint density at radius 1 is 0.963 bits per heavy atom. The number of benzene rings is 1. The summed E-state index contributed by atoms with van der Waals surface area (Å²) in [6.45, 7) is 0. The van der Waals surface area contributed by atoms with Crippen LogP contribution in [-0.4, -0.2) is 19.9 Å². The highest BCUT2D eigenvalue weighted by Crippen LogP contribution is 2.48. The third-order valence-electron chi connectivity index (χ3n) is 4.84. The molecule has 1 saturated carbocycles. The van der Waals surface area contributed by atoms with Crippen LogP contribution in [0.4, 0.5) is 5.82 Å². The SMILES string of the molecule is Brc1ccc2nc(-c3cccnc3)nc(NC3(c4ccccn4)CC3)c2c1. The molecule has 0 radical (unpaired) electrons. The Hall–Kier alpha value is -2.86. The summed E-state index contributed by atoms with van der Waals surface area (Å²) in [5, 5.41) is 4.66. The van der Waals surface area contributed by atoms with Gasteiger partial charge in [0.05, 0.1) is 16.7 Å². The van der Waals surface area contributed by atoms with Crippen LogP contribution in [0.3, 0.4) is 0 Å². The average molecular weight is 418 g/mol. The van der Waals surface area contributed by atoms with Crippen molar-refractivity contribution in [3.8, 4) is 11.4 Å². The second-order valence-electron chi connectivity index (χ2n) is 6.72. The van der Waals surface area contributed by atoms with Crippen molar-refractivity contribution >= 4 is 32.7 Å². The number of fused-ring (bicyclic) bond motifs is 1. The number of hydrogen-bond acceptors (Lipinski definition) is 5. The normalized spacial score (nSPS) is 14.9. The van der Waals surface area contributed by atoms with E-state index in [0.717, 1.165) is 45.3 Å². The lowest BCUT2D eigenvalue weighted by atomic mass is 10.1. The van der Waals surface area contributed by atoms with Crippen molar-refractivity contribution in [2.45, 2.75) is 18.4 Å². The minimum absolute atomic E-state index is 0.156. The van der Waals surface area contributed by atoms with Gasteiger partial charge in [0.2, 0.25) is 0 Å². The van der Waals surface area contributed by atoms with E-state index in [1.54, 1.807) is 12.4 Å². The molecule has 5 rings (SSSR count). The van der Waals surface area contributed by atoms with Gasteiger partial charge in [-0.1, -0.05) is 22.0 Å². The third kappa shape index (κ3) is 3.06. The molecule has 0 bridgehead atoms. The molecule has 132 valence electrons. The highest BCUT2D eigenvalue weighted by Gasteiger charge is 2.46. The number of halogens is 1. The fourth-order valence-electron chi connectivity index (χ4n) is 3.26. The Morgan fingerprint density at radius 3 is 2.63 bits per heavy atom. The van der Waals surface area contributed by atoms with Gasteiger partial charge in [0.25, 0.3) is 0 Å². The van der Waals surface area contributed by atoms with Crippen LogP contribution in [0.2, 0.25) is 0 Å². The minimum Gasteiger partial charge on any atom is -0.358 e. The topological polar surface area (TPSA) is 63.6 Å². The molecule has 6 heteroatoms. The Kier molecular flexibility index (Phi) is 3.86. The number of nitrogens with one attached hydrogen (secondary N) is 1. The summed E-state index contributed by atoms with van der Waals surface area (Å²) in [5.41, 5.74) is 2.69. The first kappa shape index (κ1) is 16.3. The van der Waals surface area contributed by atoms with E-state index in [1.807, 2.05) is 42.6 Å². The summed E-state index contributed by atoms with van der Waals surface area (Å²) in [6.07, 6.45) is 7.45. The predicted octanol–water partition coefficient (Wildman–Crippen LogP) is 4.95. The summed E-state index contributed by atoms with van der Waals surface area (Å²) in [6, 6.07) is 16.0. The second kappa shape index (κ2) is 6.39. The van der Waals surface area contributed by atoms with Crippen LogP contribution in [0.15, 0.2) is 71.6 Å². The maximum absolute atomic E-state index is 4.85. The molecule has 0 unspecified atom stereocenters. The number of aromatic nitrogens is 4. The van der Waals surface area contributed by atoms with Gasteiger partial charge in [-0.05, 0) is 55.3 Å². The van der Waals surface area contributed by atoms with Crippen molar-refractivity contribution in [2.75, 3.05) is 5.32 Å². The van der Waals surface area contributed by atoms with E-state index in [1.165, 1.54) is 0 Å². The van der Waals surface area contributed by atoms with E-state index in [2.05, 4.69) is 43.3 Å². The average Bonchev–Trinajstić information content (AvgIpc) is 3.50. The van der Waals surface area contributed by atoms with E-state index in [0.29, 0.717) is 5.82 Å². The number of pyridine rings is 2. The fraction of sp³-hybridized carbons (Fsp3) is 0.143. The molecule has 0 spiro atoms. The van der Waals surface area contributed by atoms with Crippen LogP contribution in [0.1, 0.15) is 18.5 Å². The summed E-state index contributed by atoms with van der Waals surface area (Å²) >= 11 is 3.56. The van der Waals surface area contributed by atoms with E-state index < -0.39 is 0 Å². The van der Waals surface area contributed by atoms with Gasteiger partial charge in [0.1, 0.15) is 5.82 Å². The predicted molar refractivity (Wildman–Crippen MR) is 109 cm³/mol. The van der Waals surface area contributed by atoms with Gasteiger partial charge in [-0.3, -0.25) is 9.97 Å². The molecule has 5 nitrogen and oxygen atoms in total. The van der Waals surface area contributed by atoms with Gasteiger partial charge in [0, 0.05) is 34.0 Å². The number of hydrogen-bond donors (Lipinski definition) is 1. The van der Waals surface area contributed by atoms with Crippen LogP contribution in [-0.2, 0) is 5.54 Å². The molecule has 3 heterocycles. The quantitative estimate of drug-likeness (QED) is 0.508. The molecule has 1 N–H and O–H groups in total. The smallest absolute Gasteiger partial charge is 0.163 e. The van der Waals surface area contributed by atoms with Crippen molar-refractivity contribution in [1.29, 1.82) is 0 Å². The molecule has 0 saturated heterocycles. The summed E-state index contributed by atoms with van der Waals surface area (Å²) < 4.78 is 0.999. The van der Waals surface area contributed by atoms with Crippen LogP contribution >= 0.6 is 15.9 Å². The highest BCUT2D eigenvalue weighted by molar-refractivity contribution is 9.10. The number of anilines is 1. The second-order valence-corrected chi connectivity index (χ2v) is 7.64. The minimum atomic E-state index is -0.156. The summed E-state index contributed by atoms with van der Waals surface area (Å²) in [4.78, 5) is 18.4. The third-order valence-corrected chi connectivity index (χ3v) is 5.33. The van der Waals surface area contributed by atoms with E-state index in [4.69, 9.17) is 9.97 Å². The van der Waals surface area contributed by atoms with Crippen LogP contribution in [0.5, 0.6) is 0 Å². The molecule has 4 aromatic rings. The van der Waals surface area contributed by atoms with Gasteiger partial charge in [0.15, 0.2) is 5.82 Å². The Balaban J connectivity index is 1.65. The van der Waals surface area contributed by atoms with Crippen LogP contribution < -0.4 is 5.32 Å². The molecule has 27 heavy (non-hydrogen) atoms. The monoisotopic (exact) mass is 417 g/mol. The molecule has 1 aliphatic rings. The molecule has 3 aromatic heterocycles. The standard InChI is InChI=1S/C21H16BrN5/c22-15-6-7-17-16(12-15)20(26-19(25-17)14-4-3-10-23-13-14)27-21(8-9-21)18-5-1-2-11-24-18/h1-7,10-13H,8-9H2,(H,25,26,27). The number of rotatable bonds is 4. The van der Waals surface area contributed by atoms with E-state index in [-0.39, 0.29) is 5.54 Å². The lowest BCUT2D eigenvalue weighted by molar-refractivity contribution is 0.764. The van der Waals surface area contributed by atoms with Crippen molar-refractivity contribution in [2.24, 2.45) is 0 Å². The molecule has 1 fully saturated rings. The summed E-state index contributed by atoms with van der Waals surface area (Å²) in [7, 11) is 0. The Bertz CT molecular complexity index is 1110. The molecular weight excluding hydrogens is 402 g/mol. The van der Waals surface area contributed by atoms with Crippen molar-refractivity contribution in [3.05, 3.63) is 77.3 Å². The molecular formula is C21H16BrN5. The zero-order chi connectivity index (χ0) is 18.3. The van der Waals surface area contributed by atoms with Crippen molar-refractivity contribution in [1.82, 2.24) is 19.9 Å². The van der Waals surface area contributed by atoms with Crippen LogP contribution in [0, 0.1) is 0 Å². The van der Waals surface area contributed by atoms with Gasteiger partial charge in [-0.15, -0.1) is 0 Å². The van der Waals surface area contributed by atoms with E-state index in [9.17, 15) is 0 Å². The highest BCUT2D eigenvalue weighted by atomic mass is 79.9. The largest absolute Gasteiger partial charge is 0.358 e. The maximum Gasteiger partial charge on any atom is 0.163 e. The van der Waals surface area contributed by atoms with Gasteiger partial charge >= 0.3 is 0 Å². The summed E-state index contributed by atoms with van der Waals surface area (Å²) in [5.74, 6) is 1.49. The zero-order valence-electron chi connectivity index (χ0n) is 14.4. The van der Waals surface area contributed by atoms with Crippen molar-refractivity contribution < 1.29 is 0 Å². The molecule has 1 aromatic carbocycles.